The molecule has 0 aliphatic rings. The van der Waals surface area contributed by atoms with E-state index in [1.54, 1.807) is 6.26 Å². The Morgan fingerprint density at radius 1 is 1.06 bits per heavy atom. The summed E-state index contributed by atoms with van der Waals surface area (Å²) in [7, 11) is 0. The van der Waals surface area contributed by atoms with Gasteiger partial charge in [0.05, 0.1) is 6.26 Å². The SMILES string of the molecule is Cc1occc1C(O)c1ccc(C(C)(C)C)cc1. The summed E-state index contributed by atoms with van der Waals surface area (Å²) in [4.78, 5) is 0. The number of furan rings is 1. The van der Waals surface area contributed by atoms with Crippen LogP contribution in [0.15, 0.2) is 41.0 Å². The van der Waals surface area contributed by atoms with Gasteiger partial charge in [0.25, 0.3) is 0 Å². The fraction of sp³-hybridized carbons (Fsp3) is 0.375. The Bertz CT molecular complexity index is 515. The lowest BCUT2D eigenvalue weighted by atomic mass is 9.86. The van der Waals surface area contributed by atoms with Crippen molar-refractivity contribution in [3.05, 3.63) is 59.0 Å². The smallest absolute Gasteiger partial charge is 0.107 e. The molecule has 0 spiro atoms. The molecule has 0 fully saturated rings. The molecule has 0 bridgehead atoms. The van der Waals surface area contributed by atoms with Crippen LogP contribution in [-0.4, -0.2) is 5.11 Å². The van der Waals surface area contributed by atoms with E-state index in [4.69, 9.17) is 4.42 Å². The maximum Gasteiger partial charge on any atom is 0.107 e. The first-order chi connectivity index (χ1) is 8.39. The molecule has 0 saturated heterocycles. The van der Waals surface area contributed by atoms with Gasteiger partial charge in [-0.25, -0.2) is 0 Å². The van der Waals surface area contributed by atoms with E-state index < -0.39 is 6.10 Å². The molecule has 1 unspecified atom stereocenters. The third-order valence-electron chi connectivity index (χ3n) is 3.29. The lowest BCUT2D eigenvalue weighted by molar-refractivity contribution is 0.218. The van der Waals surface area contributed by atoms with Crippen molar-refractivity contribution in [1.29, 1.82) is 0 Å². The van der Waals surface area contributed by atoms with Crippen molar-refractivity contribution in [2.75, 3.05) is 0 Å². The standard InChI is InChI=1S/C16H20O2/c1-11-14(9-10-18-11)15(17)12-5-7-13(8-6-12)16(2,3)4/h5-10,15,17H,1-4H3. The highest BCUT2D eigenvalue weighted by molar-refractivity contribution is 5.34. The first-order valence-electron chi connectivity index (χ1n) is 6.22. The quantitative estimate of drug-likeness (QED) is 0.867. The van der Waals surface area contributed by atoms with Crippen LogP contribution in [0.5, 0.6) is 0 Å². The molecule has 0 aliphatic heterocycles. The predicted octanol–water partition coefficient (Wildman–Crippen LogP) is 3.97. The Morgan fingerprint density at radius 2 is 1.67 bits per heavy atom. The zero-order chi connectivity index (χ0) is 13.3. The Kier molecular flexibility index (Phi) is 3.31. The fourth-order valence-electron chi connectivity index (χ4n) is 2.02. The highest BCUT2D eigenvalue weighted by Crippen LogP contribution is 2.28. The molecule has 0 aliphatic carbocycles. The number of hydrogen-bond donors (Lipinski definition) is 1. The first kappa shape index (κ1) is 12.9. The van der Waals surface area contributed by atoms with Gasteiger partial charge in [-0.15, -0.1) is 0 Å². The van der Waals surface area contributed by atoms with Gasteiger partial charge in [0.15, 0.2) is 0 Å². The van der Waals surface area contributed by atoms with Crippen molar-refractivity contribution in [3.63, 3.8) is 0 Å². The molecule has 18 heavy (non-hydrogen) atoms. The number of hydrogen-bond acceptors (Lipinski definition) is 2. The van der Waals surface area contributed by atoms with Gasteiger partial charge in [0.1, 0.15) is 11.9 Å². The molecule has 0 radical (unpaired) electrons. The summed E-state index contributed by atoms with van der Waals surface area (Å²) >= 11 is 0. The lowest BCUT2D eigenvalue weighted by Gasteiger charge is -2.20. The maximum absolute atomic E-state index is 10.3. The van der Waals surface area contributed by atoms with Crippen molar-refractivity contribution in [2.45, 2.75) is 39.2 Å². The summed E-state index contributed by atoms with van der Waals surface area (Å²) in [5.74, 6) is 0.766. The fourth-order valence-corrected chi connectivity index (χ4v) is 2.02. The number of aliphatic hydroxyl groups excluding tert-OH is 1. The molecule has 2 nitrogen and oxygen atoms in total. The van der Waals surface area contributed by atoms with Crippen LogP contribution in [0.3, 0.4) is 0 Å². The molecule has 1 heterocycles. The summed E-state index contributed by atoms with van der Waals surface area (Å²) in [5, 5.41) is 10.3. The Balaban J connectivity index is 2.28. The topological polar surface area (TPSA) is 33.4 Å². The molecule has 96 valence electrons. The summed E-state index contributed by atoms with van der Waals surface area (Å²) < 4.78 is 5.23. The van der Waals surface area contributed by atoms with E-state index in [9.17, 15) is 5.11 Å². The van der Waals surface area contributed by atoms with Crippen LogP contribution in [-0.2, 0) is 5.41 Å². The van der Waals surface area contributed by atoms with Crippen LogP contribution in [0, 0.1) is 6.92 Å². The number of benzene rings is 1. The zero-order valence-corrected chi connectivity index (χ0v) is 11.4. The van der Waals surface area contributed by atoms with Gasteiger partial charge < -0.3 is 9.52 Å². The van der Waals surface area contributed by atoms with Gasteiger partial charge in [-0.1, -0.05) is 45.0 Å². The maximum atomic E-state index is 10.3. The normalized spacial score (nSPS) is 13.6. The number of aryl methyl sites for hydroxylation is 1. The minimum absolute atomic E-state index is 0.134. The van der Waals surface area contributed by atoms with E-state index in [0.717, 1.165) is 16.9 Å². The van der Waals surface area contributed by atoms with Crippen molar-refractivity contribution in [2.24, 2.45) is 0 Å². The lowest BCUT2D eigenvalue weighted by Crippen LogP contribution is -2.11. The molecule has 1 atom stereocenters. The minimum atomic E-state index is -0.613. The number of aliphatic hydroxyl groups is 1. The van der Waals surface area contributed by atoms with Crippen molar-refractivity contribution in [1.82, 2.24) is 0 Å². The van der Waals surface area contributed by atoms with E-state index in [1.165, 1.54) is 5.56 Å². The van der Waals surface area contributed by atoms with Crippen molar-refractivity contribution < 1.29 is 9.52 Å². The predicted molar refractivity (Wildman–Crippen MR) is 72.6 cm³/mol. The Hall–Kier alpha value is -1.54. The summed E-state index contributed by atoms with van der Waals surface area (Å²) in [6, 6.07) is 9.94. The van der Waals surface area contributed by atoms with Crippen LogP contribution < -0.4 is 0 Å². The van der Waals surface area contributed by atoms with E-state index in [0.29, 0.717) is 0 Å². The zero-order valence-electron chi connectivity index (χ0n) is 11.4. The average Bonchev–Trinajstić information content (AvgIpc) is 2.73. The molecule has 0 amide bonds. The Labute approximate surface area is 108 Å². The van der Waals surface area contributed by atoms with Crippen LogP contribution in [0.4, 0.5) is 0 Å². The van der Waals surface area contributed by atoms with E-state index in [1.807, 2.05) is 25.1 Å². The molecule has 2 rings (SSSR count). The largest absolute Gasteiger partial charge is 0.469 e. The molecule has 2 heteroatoms. The van der Waals surface area contributed by atoms with Gasteiger partial charge in [-0.3, -0.25) is 0 Å². The van der Waals surface area contributed by atoms with Crippen molar-refractivity contribution in [3.8, 4) is 0 Å². The minimum Gasteiger partial charge on any atom is -0.469 e. The van der Waals surface area contributed by atoms with Crippen LogP contribution in [0.1, 0.15) is 49.3 Å². The van der Waals surface area contributed by atoms with E-state index >= 15 is 0 Å². The first-order valence-corrected chi connectivity index (χ1v) is 6.22. The number of rotatable bonds is 2. The second kappa shape index (κ2) is 4.62. The van der Waals surface area contributed by atoms with Gasteiger partial charge in [0.2, 0.25) is 0 Å². The third kappa shape index (κ3) is 2.49. The monoisotopic (exact) mass is 244 g/mol. The Morgan fingerprint density at radius 3 is 2.11 bits per heavy atom. The molecule has 1 aromatic carbocycles. The van der Waals surface area contributed by atoms with Crippen LogP contribution in [0.2, 0.25) is 0 Å². The highest BCUT2D eigenvalue weighted by atomic mass is 16.3. The molecular weight excluding hydrogens is 224 g/mol. The second-order valence-electron chi connectivity index (χ2n) is 5.71. The molecule has 1 aromatic heterocycles. The van der Waals surface area contributed by atoms with E-state index in [-0.39, 0.29) is 5.41 Å². The molecule has 0 saturated carbocycles. The highest BCUT2D eigenvalue weighted by Gasteiger charge is 2.17. The van der Waals surface area contributed by atoms with Gasteiger partial charge in [0, 0.05) is 5.56 Å². The van der Waals surface area contributed by atoms with Crippen LogP contribution in [0.25, 0.3) is 0 Å². The summed E-state index contributed by atoms with van der Waals surface area (Å²) in [5.41, 5.74) is 3.13. The summed E-state index contributed by atoms with van der Waals surface area (Å²) in [6.07, 6.45) is 0.995. The average molecular weight is 244 g/mol. The third-order valence-corrected chi connectivity index (χ3v) is 3.29. The van der Waals surface area contributed by atoms with E-state index in [2.05, 4.69) is 32.9 Å². The van der Waals surface area contributed by atoms with Gasteiger partial charge in [-0.05, 0) is 29.5 Å². The van der Waals surface area contributed by atoms with Gasteiger partial charge >= 0.3 is 0 Å². The molecular formula is C16H20O2. The summed E-state index contributed by atoms with van der Waals surface area (Å²) in [6.45, 7) is 8.40. The van der Waals surface area contributed by atoms with Crippen molar-refractivity contribution >= 4 is 0 Å². The molecule has 2 aromatic rings. The second-order valence-corrected chi connectivity index (χ2v) is 5.71. The van der Waals surface area contributed by atoms with Crippen LogP contribution >= 0.6 is 0 Å². The molecule has 1 N–H and O–H groups in total. The van der Waals surface area contributed by atoms with Gasteiger partial charge in [-0.2, -0.15) is 0 Å².